The van der Waals surface area contributed by atoms with Gasteiger partial charge >= 0.3 is 0 Å². The number of amides is 1. The van der Waals surface area contributed by atoms with Gasteiger partial charge in [0.2, 0.25) is 10.0 Å². The summed E-state index contributed by atoms with van der Waals surface area (Å²) >= 11 is 6.09. The van der Waals surface area contributed by atoms with Crippen molar-refractivity contribution in [3.63, 3.8) is 0 Å². The molecule has 0 saturated carbocycles. The third-order valence-electron chi connectivity index (χ3n) is 6.62. The third kappa shape index (κ3) is 3.71. The summed E-state index contributed by atoms with van der Waals surface area (Å²) in [5.41, 5.74) is -0.392. The summed E-state index contributed by atoms with van der Waals surface area (Å²) in [5, 5.41) is 6.67. The Morgan fingerprint density at radius 3 is 3.03 bits per heavy atom. The molecule has 4 atom stereocenters. The van der Waals surface area contributed by atoms with Gasteiger partial charge in [-0.3, -0.25) is 9.89 Å². The molecule has 3 saturated heterocycles. The summed E-state index contributed by atoms with van der Waals surface area (Å²) in [6.45, 7) is 1.19. The van der Waals surface area contributed by atoms with Crippen LogP contribution in [-0.4, -0.2) is 67.4 Å². The molecule has 1 amide bonds. The van der Waals surface area contributed by atoms with Crippen molar-refractivity contribution in [3.8, 4) is 5.75 Å². The van der Waals surface area contributed by atoms with E-state index in [2.05, 4.69) is 14.9 Å². The van der Waals surface area contributed by atoms with Crippen molar-refractivity contribution in [2.24, 2.45) is 11.8 Å². The smallest absolute Gasteiger partial charge is 0.260 e. The zero-order chi connectivity index (χ0) is 21.6. The Kier molecular flexibility index (Phi) is 5.20. The number of aromatic nitrogens is 2. The van der Waals surface area contributed by atoms with Gasteiger partial charge in [-0.2, -0.15) is 5.10 Å². The topological polar surface area (TPSA) is 114 Å². The van der Waals surface area contributed by atoms with Crippen LogP contribution in [0, 0.1) is 11.8 Å². The second-order valence-electron chi connectivity index (χ2n) is 8.31. The van der Waals surface area contributed by atoms with E-state index in [-0.39, 0.29) is 41.9 Å². The molecule has 0 aliphatic carbocycles. The van der Waals surface area contributed by atoms with Crippen molar-refractivity contribution in [1.29, 1.82) is 0 Å². The largest absolute Gasteiger partial charge is 0.482 e. The molecule has 0 unspecified atom stereocenters. The number of carbonyl (C=O) groups excluding carboxylic acids is 1. The number of benzene rings is 1. The first-order valence-corrected chi connectivity index (χ1v) is 12.1. The lowest BCUT2D eigenvalue weighted by Crippen LogP contribution is -2.41. The summed E-state index contributed by atoms with van der Waals surface area (Å²) in [6.07, 6.45) is 4.37. The summed E-state index contributed by atoms with van der Waals surface area (Å²) in [4.78, 5) is 14.7. The van der Waals surface area contributed by atoms with E-state index >= 15 is 0 Å². The van der Waals surface area contributed by atoms with Crippen LogP contribution in [0.4, 0.5) is 0 Å². The fraction of sp³-hybridized carbons (Fsp3) is 0.500. The molecule has 2 N–H and O–H groups in total. The van der Waals surface area contributed by atoms with Gasteiger partial charge in [-0.1, -0.05) is 23.7 Å². The van der Waals surface area contributed by atoms with Gasteiger partial charge in [0.25, 0.3) is 5.91 Å². The van der Waals surface area contributed by atoms with Gasteiger partial charge in [0.15, 0.2) is 6.61 Å². The van der Waals surface area contributed by atoms with E-state index in [9.17, 15) is 13.2 Å². The minimum atomic E-state index is -3.64. The van der Waals surface area contributed by atoms with Crippen LogP contribution in [0.15, 0.2) is 41.6 Å². The lowest BCUT2D eigenvalue weighted by molar-refractivity contribution is -0.133. The van der Waals surface area contributed by atoms with Crippen LogP contribution in [0.5, 0.6) is 5.75 Å². The number of hydrogen-bond acceptors (Lipinski definition) is 6. The maximum absolute atomic E-state index is 12.8. The van der Waals surface area contributed by atoms with Gasteiger partial charge in [0, 0.05) is 31.1 Å². The van der Waals surface area contributed by atoms with Crippen molar-refractivity contribution >= 4 is 27.5 Å². The highest BCUT2D eigenvalue weighted by atomic mass is 35.5. The Morgan fingerprint density at radius 1 is 1.42 bits per heavy atom. The SMILES string of the molecule is O=C(COc1ccccc1Cl)N1C[C@@H]2[C@H](CNS(=O)(=O)c3cn[nH]c3)[C@H]3CC[C@]2(C1)O3. The monoisotopic (exact) mass is 466 g/mol. The van der Waals surface area contributed by atoms with Crippen LogP contribution in [0.2, 0.25) is 5.02 Å². The lowest BCUT2D eigenvalue weighted by Gasteiger charge is -2.29. The number of carbonyl (C=O) groups is 1. The standard InChI is InChI=1S/C20H23ClN4O5S/c21-16-3-1-2-4-18(16)29-11-19(26)25-10-15-14(17-5-6-20(15,12-25)30-17)9-24-31(27,28)13-7-22-23-8-13/h1-4,7-8,14-15,17,24H,5-6,9-12H2,(H,22,23)/t14-,15+,17+,20+/m0/s1. The molecule has 3 fully saturated rings. The van der Waals surface area contributed by atoms with Crippen LogP contribution in [0.25, 0.3) is 0 Å². The van der Waals surface area contributed by atoms with Crippen molar-refractivity contribution in [1.82, 2.24) is 19.8 Å². The van der Waals surface area contributed by atoms with E-state index in [0.717, 1.165) is 12.8 Å². The number of rotatable bonds is 7. The fourth-order valence-electron chi connectivity index (χ4n) is 5.12. The normalized spacial score (nSPS) is 29.3. The van der Waals surface area contributed by atoms with E-state index < -0.39 is 15.6 Å². The molecule has 5 rings (SSSR count). The number of nitrogens with one attached hydrogen (secondary N) is 2. The Balaban J connectivity index is 1.23. The van der Waals surface area contributed by atoms with Crippen molar-refractivity contribution < 1.29 is 22.7 Å². The van der Waals surface area contributed by atoms with Crippen LogP contribution < -0.4 is 9.46 Å². The second kappa shape index (κ2) is 7.77. The molecule has 166 valence electrons. The molecule has 1 aromatic heterocycles. The van der Waals surface area contributed by atoms with Crippen LogP contribution in [0.1, 0.15) is 12.8 Å². The lowest BCUT2D eigenvalue weighted by atomic mass is 9.74. The molecule has 1 aromatic carbocycles. The van der Waals surface area contributed by atoms with Gasteiger partial charge in [-0.05, 0) is 25.0 Å². The van der Waals surface area contributed by atoms with E-state index in [1.165, 1.54) is 12.4 Å². The molecule has 2 aromatic rings. The van der Waals surface area contributed by atoms with Gasteiger partial charge in [-0.25, -0.2) is 13.1 Å². The van der Waals surface area contributed by atoms with E-state index in [1.807, 2.05) is 0 Å². The molecule has 11 heteroatoms. The molecule has 3 aliphatic heterocycles. The van der Waals surface area contributed by atoms with Gasteiger partial charge in [-0.15, -0.1) is 0 Å². The Labute approximate surface area is 185 Å². The molecule has 3 aliphatic rings. The van der Waals surface area contributed by atoms with Crippen molar-refractivity contribution in [2.75, 3.05) is 26.2 Å². The minimum absolute atomic E-state index is 0.00803. The molecule has 9 nitrogen and oxygen atoms in total. The Morgan fingerprint density at radius 2 is 2.26 bits per heavy atom. The summed E-state index contributed by atoms with van der Waals surface area (Å²) < 4.78 is 39.5. The van der Waals surface area contributed by atoms with Crippen molar-refractivity contribution in [2.45, 2.75) is 29.4 Å². The molecule has 4 heterocycles. The molecular formula is C20H23ClN4O5S. The number of H-pyrrole nitrogens is 1. The number of fused-ring (bicyclic) bond motifs is 1. The number of nitrogens with zero attached hydrogens (tertiary/aromatic N) is 2. The zero-order valence-electron chi connectivity index (χ0n) is 16.7. The number of sulfonamides is 1. The zero-order valence-corrected chi connectivity index (χ0v) is 18.2. The second-order valence-corrected chi connectivity index (χ2v) is 10.5. The number of para-hydroxylation sites is 1. The van der Waals surface area contributed by atoms with Crippen LogP contribution in [0.3, 0.4) is 0 Å². The maximum atomic E-state index is 12.8. The van der Waals surface area contributed by atoms with E-state index in [0.29, 0.717) is 23.9 Å². The number of aromatic amines is 1. The molecular weight excluding hydrogens is 444 g/mol. The number of ether oxygens (including phenoxy) is 2. The van der Waals surface area contributed by atoms with E-state index in [4.69, 9.17) is 21.1 Å². The number of likely N-dealkylation sites (tertiary alicyclic amines) is 1. The molecule has 0 radical (unpaired) electrons. The van der Waals surface area contributed by atoms with Gasteiger partial charge in [0.05, 0.1) is 29.5 Å². The summed E-state index contributed by atoms with van der Waals surface area (Å²) in [5.74, 6) is 0.438. The Hall–Kier alpha value is -2.14. The van der Waals surface area contributed by atoms with Crippen LogP contribution >= 0.6 is 11.6 Å². The van der Waals surface area contributed by atoms with E-state index in [1.54, 1.807) is 29.2 Å². The molecule has 31 heavy (non-hydrogen) atoms. The average Bonchev–Trinajstić information content (AvgIpc) is 3.52. The highest BCUT2D eigenvalue weighted by Gasteiger charge is 2.63. The Bertz CT molecular complexity index is 1080. The highest BCUT2D eigenvalue weighted by Crippen LogP contribution is 2.54. The van der Waals surface area contributed by atoms with Gasteiger partial charge in [0.1, 0.15) is 10.6 Å². The third-order valence-corrected chi connectivity index (χ3v) is 8.32. The average molecular weight is 467 g/mol. The quantitative estimate of drug-likeness (QED) is 0.638. The fourth-order valence-corrected chi connectivity index (χ4v) is 6.29. The van der Waals surface area contributed by atoms with Crippen molar-refractivity contribution in [3.05, 3.63) is 41.7 Å². The van der Waals surface area contributed by atoms with Gasteiger partial charge < -0.3 is 14.4 Å². The number of hydrogen-bond donors (Lipinski definition) is 2. The minimum Gasteiger partial charge on any atom is -0.482 e. The molecule has 1 spiro atoms. The summed E-state index contributed by atoms with van der Waals surface area (Å²) in [6, 6.07) is 7.03. The first-order chi connectivity index (χ1) is 14.9. The van der Waals surface area contributed by atoms with Crippen LogP contribution in [-0.2, 0) is 19.6 Å². The predicted octanol–water partition coefficient (Wildman–Crippen LogP) is 1.43. The number of halogens is 1. The maximum Gasteiger partial charge on any atom is 0.260 e. The first-order valence-electron chi connectivity index (χ1n) is 10.2. The first kappa shape index (κ1) is 20.7. The predicted molar refractivity (Wildman–Crippen MR) is 111 cm³/mol. The summed E-state index contributed by atoms with van der Waals surface area (Å²) in [7, 11) is -3.64. The molecule has 2 bridgehead atoms. The highest BCUT2D eigenvalue weighted by molar-refractivity contribution is 7.89.